The zero-order valence-corrected chi connectivity index (χ0v) is 55.0. The molecular formula is C76H126NO8+. The number of unbranched alkanes of at least 4 members (excludes halogenated alkanes) is 22. The molecule has 0 spiro atoms. The summed E-state index contributed by atoms with van der Waals surface area (Å²) in [4.78, 5) is 37.6. The first-order chi connectivity index (χ1) is 41.6. The Morgan fingerprint density at radius 2 is 0.635 bits per heavy atom. The molecule has 0 aliphatic heterocycles. The van der Waals surface area contributed by atoms with Crippen LogP contribution in [0.2, 0.25) is 0 Å². The van der Waals surface area contributed by atoms with Crippen molar-refractivity contribution in [3.8, 4) is 0 Å². The van der Waals surface area contributed by atoms with E-state index in [4.69, 9.17) is 18.9 Å². The van der Waals surface area contributed by atoms with Gasteiger partial charge in [0.2, 0.25) is 0 Å². The van der Waals surface area contributed by atoms with Gasteiger partial charge in [0.15, 0.2) is 6.10 Å². The number of quaternary nitrogens is 1. The maximum absolute atomic E-state index is 12.9. The summed E-state index contributed by atoms with van der Waals surface area (Å²) < 4.78 is 22.9. The molecule has 0 fully saturated rings. The third-order valence-electron chi connectivity index (χ3n) is 14.1. The predicted molar refractivity (Wildman–Crippen MR) is 364 cm³/mol. The molecular weight excluding hydrogens is 1050 g/mol. The summed E-state index contributed by atoms with van der Waals surface area (Å²) in [7, 11) is 5.96. The predicted octanol–water partition coefficient (Wildman–Crippen LogP) is 21.1. The molecule has 9 nitrogen and oxygen atoms in total. The fraction of sp³-hybridized carbons (Fsp3) is 0.645. The number of likely N-dealkylation sites (N-methyl/N-ethyl adjacent to an activating group) is 1. The van der Waals surface area contributed by atoms with E-state index < -0.39 is 24.3 Å². The molecule has 0 aromatic carbocycles. The van der Waals surface area contributed by atoms with E-state index in [1.807, 2.05) is 21.1 Å². The fourth-order valence-electron chi connectivity index (χ4n) is 8.96. The van der Waals surface area contributed by atoms with E-state index >= 15 is 0 Å². The molecule has 0 rings (SSSR count). The largest absolute Gasteiger partial charge is 0.477 e. The third-order valence-corrected chi connectivity index (χ3v) is 14.1. The highest BCUT2D eigenvalue weighted by molar-refractivity contribution is 5.71. The second-order valence-corrected chi connectivity index (χ2v) is 23.4. The standard InChI is InChI=1S/C76H125NO8/c1-6-8-10-12-14-16-18-20-22-24-26-28-30-32-34-35-36-37-38-39-41-42-44-46-48-50-52-54-56-58-60-62-64-66-73(78)83-70-72(71-84-76(75(80)81)82-69-68-77(3,4)5)85-74(79)67-65-63-61-59-57-55-53-51-49-47-45-43-40-33-31-29-27-25-23-21-19-17-15-13-11-9-7-2/h8-11,14-17,20-23,26-29,32-34,40,45,47,51,53,72,76H,6-7,12-13,18-19,24-25,30-31,35-39,41-44,46,48-50,52,54-71H2,1-5H3/p+1/b10-8-,11-9-,16-14-,17-15-,22-20-,23-21-,28-26-,29-27-,34-32-,40-33-,47-45-,53-51-. The van der Waals surface area contributed by atoms with Crippen LogP contribution in [0.25, 0.3) is 0 Å². The van der Waals surface area contributed by atoms with Crippen LogP contribution in [0.5, 0.6) is 0 Å². The number of esters is 2. The molecule has 0 saturated heterocycles. The summed E-state index contributed by atoms with van der Waals surface area (Å²) in [5.74, 6) is -2.04. The van der Waals surface area contributed by atoms with E-state index in [0.29, 0.717) is 23.9 Å². The molecule has 0 heterocycles. The van der Waals surface area contributed by atoms with Gasteiger partial charge in [-0.1, -0.05) is 275 Å². The molecule has 2 unspecified atom stereocenters. The first kappa shape index (κ1) is 80.2. The lowest BCUT2D eigenvalue weighted by Crippen LogP contribution is -2.40. The first-order valence-electron chi connectivity index (χ1n) is 34.0. The van der Waals surface area contributed by atoms with Gasteiger partial charge in [0.05, 0.1) is 34.4 Å². The average Bonchev–Trinajstić information content (AvgIpc) is 3.48. The van der Waals surface area contributed by atoms with Gasteiger partial charge in [-0.2, -0.15) is 0 Å². The maximum atomic E-state index is 12.9. The van der Waals surface area contributed by atoms with Gasteiger partial charge in [-0.15, -0.1) is 0 Å². The van der Waals surface area contributed by atoms with Crippen LogP contribution in [-0.4, -0.2) is 87.4 Å². The number of hydrogen-bond acceptors (Lipinski definition) is 7. The van der Waals surface area contributed by atoms with Crippen molar-refractivity contribution in [1.82, 2.24) is 0 Å². The summed E-state index contributed by atoms with van der Waals surface area (Å²) in [6, 6.07) is 0. The minimum Gasteiger partial charge on any atom is -0.477 e. The summed E-state index contributed by atoms with van der Waals surface area (Å²) in [5, 5.41) is 9.74. The van der Waals surface area contributed by atoms with Crippen molar-refractivity contribution in [2.45, 2.75) is 270 Å². The zero-order valence-electron chi connectivity index (χ0n) is 55.0. The molecule has 9 heteroatoms. The van der Waals surface area contributed by atoms with E-state index in [9.17, 15) is 19.5 Å². The SMILES string of the molecule is CC/C=C\C/C=C\C/C=C\C/C=C\C/C=C\C/C=C\C/C=C\CCCCCCCC(=O)OC(COC(=O)CCCCCCCCCCCCCCCCCCC/C=C\C/C=C\C/C=C\C/C=C\C/C=C\CC)COC(OCC[N+](C)(C)C)C(=O)O. The van der Waals surface area contributed by atoms with Crippen LogP contribution < -0.4 is 0 Å². The Morgan fingerprint density at radius 3 is 0.941 bits per heavy atom. The van der Waals surface area contributed by atoms with Gasteiger partial charge >= 0.3 is 17.9 Å². The van der Waals surface area contributed by atoms with Crippen molar-refractivity contribution in [2.75, 3.05) is 47.5 Å². The summed E-state index contributed by atoms with van der Waals surface area (Å²) >= 11 is 0. The van der Waals surface area contributed by atoms with Crippen molar-refractivity contribution in [3.63, 3.8) is 0 Å². The highest BCUT2D eigenvalue weighted by Crippen LogP contribution is 2.16. The number of carboxylic acids is 1. The van der Waals surface area contributed by atoms with Gasteiger partial charge < -0.3 is 28.5 Å². The Hall–Kier alpha value is -4.83. The molecule has 0 aromatic heterocycles. The van der Waals surface area contributed by atoms with E-state index in [-0.39, 0.29) is 32.2 Å². The van der Waals surface area contributed by atoms with Crippen LogP contribution in [0, 0.1) is 0 Å². The number of carbonyl (C=O) groups excluding carboxylic acids is 2. The maximum Gasteiger partial charge on any atom is 0.361 e. The minimum atomic E-state index is -1.53. The Balaban J connectivity index is 4.19. The Morgan fingerprint density at radius 1 is 0.353 bits per heavy atom. The van der Waals surface area contributed by atoms with Gasteiger partial charge in [-0.25, -0.2) is 4.79 Å². The van der Waals surface area contributed by atoms with Crippen LogP contribution in [0.1, 0.15) is 258 Å². The van der Waals surface area contributed by atoms with Crippen molar-refractivity contribution in [2.24, 2.45) is 0 Å². The summed E-state index contributed by atoms with van der Waals surface area (Å²) in [6.45, 7) is 4.62. The average molecular weight is 1180 g/mol. The fourth-order valence-corrected chi connectivity index (χ4v) is 8.96. The number of nitrogens with zero attached hydrogens (tertiary/aromatic N) is 1. The second-order valence-electron chi connectivity index (χ2n) is 23.4. The Kier molecular flexibility index (Phi) is 61.4. The smallest absolute Gasteiger partial charge is 0.361 e. The molecule has 85 heavy (non-hydrogen) atoms. The van der Waals surface area contributed by atoms with Crippen molar-refractivity contribution in [3.05, 3.63) is 146 Å². The number of carbonyl (C=O) groups is 3. The van der Waals surface area contributed by atoms with Gasteiger partial charge in [0.25, 0.3) is 6.29 Å². The molecule has 1 N–H and O–H groups in total. The van der Waals surface area contributed by atoms with E-state index in [0.717, 1.165) is 128 Å². The van der Waals surface area contributed by atoms with E-state index in [1.165, 1.54) is 96.3 Å². The number of ether oxygens (including phenoxy) is 4. The normalized spacial score (nSPS) is 13.7. The molecule has 0 radical (unpaired) electrons. The topological polar surface area (TPSA) is 108 Å². The number of rotatable bonds is 61. The zero-order chi connectivity index (χ0) is 61.9. The van der Waals surface area contributed by atoms with Crippen LogP contribution in [-0.2, 0) is 33.3 Å². The molecule has 0 saturated carbocycles. The Labute approximate surface area is 522 Å². The highest BCUT2D eigenvalue weighted by atomic mass is 16.7. The lowest BCUT2D eigenvalue weighted by atomic mass is 10.0. The van der Waals surface area contributed by atoms with Gasteiger partial charge in [0, 0.05) is 12.8 Å². The summed E-state index contributed by atoms with van der Waals surface area (Å²) in [5.41, 5.74) is 0. The summed E-state index contributed by atoms with van der Waals surface area (Å²) in [6.07, 6.45) is 92.3. The van der Waals surface area contributed by atoms with Crippen molar-refractivity contribution in [1.29, 1.82) is 0 Å². The molecule has 0 aliphatic carbocycles. The second kappa shape index (κ2) is 65.2. The minimum absolute atomic E-state index is 0.177. The van der Waals surface area contributed by atoms with Crippen molar-refractivity contribution >= 4 is 17.9 Å². The Bertz CT molecular complexity index is 1900. The van der Waals surface area contributed by atoms with Crippen molar-refractivity contribution < 1.29 is 42.9 Å². The van der Waals surface area contributed by atoms with Crippen LogP contribution in [0.15, 0.2) is 146 Å². The molecule has 2 atom stereocenters. The van der Waals surface area contributed by atoms with Crippen LogP contribution in [0.4, 0.5) is 0 Å². The van der Waals surface area contributed by atoms with Crippen LogP contribution in [0.3, 0.4) is 0 Å². The molecule has 0 bridgehead atoms. The van der Waals surface area contributed by atoms with Gasteiger partial charge in [-0.05, 0) is 116 Å². The monoisotopic (exact) mass is 1180 g/mol. The molecule has 0 aromatic rings. The van der Waals surface area contributed by atoms with E-state index in [1.54, 1.807) is 0 Å². The number of carboxylic acid groups (broad SMARTS) is 1. The van der Waals surface area contributed by atoms with Gasteiger partial charge in [-0.3, -0.25) is 9.59 Å². The lowest BCUT2D eigenvalue weighted by molar-refractivity contribution is -0.870. The first-order valence-corrected chi connectivity index (χ1v) is 34.0. The number of hydrogen-bond donors (Lipinski definition) is 1. The third kappa shape index (κ3) is 66.5. The van der Waals surface area contributed by atoms with E-state index in [2.05, 4.69) is 160 Å². The van der Waals surface area contributed by atoms with Crippen LogP contribution >= 0.6 is 0 Å². The van der Waals surface area contributed by atoms with Gasteiger partial charge in [0.1, 0.15) is 13.2 Å². The molecule has 0 aliphatic rings. The molecule has 482 valence electrons. The number of allylic oxidation sites excluding steroid dienone is 24. The lowest BCUT2D eigenvalue weighted by Gasteiger charge is -2.25. The quantitative estimate of drug-likeness (QED) is 0.0211. The molecule has 0 amide bonds. The highest BCUT2D eigenvalue weighted by Gasteiger charge is 2.25. The number of aliphatic carboxylic acids is 1.